The van der Waals surface area contributed by atoms with Gasteiger partial charge in [-0.1, -0.05) is 23.2 Å². The van der Waals surface area contributed by atoms with E-state index in [0.29, 0.717) is 22.1 Å². The molecule has 7 heteroatoms. The first-order chi connectivity index (χ1) is 9.69. The summed E-state index contributed by atoms with van der Waals surface area (Å²) in [7, 11) is 0. The molecule has 3 aromatic rings. The molecule has 0 radical (unpaired) electrons. The molecule has 4 nitrogen and oxygen atoms in total. The molecule has 0 bridgehead atoms. The maximum Gasteiger partial charge on any atom is 0.130 e. The number of aryl methyl sites for hydroxylation is 1. The standard InChI is InChI=1S/C13H12Cl2N4S/c1-2-19-4-3-8(7-19)6-16-11-9(14)5-10(15)12-13(11)18-20-17-12/h3-5,7,16H,2,6H2,1H3. The Morgan fingerprint density at radius 1 is 1.25 bits per heavy atom. The van der Waals surface area contributed by atoms with E-state index in [1.807, 2.05) is 0 Å². The van der Waals surface area contributed by atoms with Crippen LogP contribution < -0.4 is 5.32 Å². The number of halogens is 2. The zero-order valence-corrected chi connectivity index (χ0v) is 13.1. The highest BCUT2D eigenvalue weighted by Crippen LogP contribution is 2.35. The normalized spacial score (nSPS) is 11.2. The van der Waals surface area contributed by atoms with Crippen molar-refractivity contribution in [3.05, 3.63) is 40.1 Å². The molecule has 0 fully saturated rings. The molecule has 0 atom stereocenters. The first kappa shape index (κ1) is 13.7. The van der Waals surface area contributed by atoms with Gasteiger partial charge in [0.1, 0.15) is 11.0 Å². The molecule has 0 unspecified atom stereocenters. The van der Waals surface area contributed by atoms with Crippen molar-refractivity contribution in [3.63, 3.8) is 0 Å². The van der Waals surface area contributed by atoms with Gasteiger partial charge in [0.25, 0.3) is 0 Å². The van der Waals surface area contributed by atoms with Gasteiger partial charge in [-0.2, -0.15) is 8.75 Å². The molecule has 2 heterocycles. The first-order valence-electron chi connectivity index (χ1n) is 6.18. The number of anilines is 1. The van der Waals surface area contributed by atoms with Crippen molar-refractivity contribution < 1.29 is 0 Å². The SMILES string of the molecule is CCn1ccc(CNc2c(Cl)cc(Cl)c3nsnc23)c1. The fourth-order valence-electron chi connectivity index (χ4n) is 2.02. The second kappa shape index (κ2) is 5.60. The zero-order valence-electron chi connectivity index (χ0n) is 10.7. The van der Waals surface area contributed by atoms with Crippen molar-refractivity contribution in [1.29, 1.82) is 0 Å². The third-order valence-corrected chi connectivity index (χ3v) is 4.20. The molecule has 3 rings (SSSR count). The van der Waals surface area contributed by atoms with Crippen molar-refractivity contribution >= 4 is 51.7 Å². The molecule has 2 aromatic heterocycles. The van der Waals surface area contributed by atoms with E-state index in [-0.39, 0.29) is 0 Å². The lowest BCUT2D eigenvalue weighted by Gasteiger charge is -2.08. The largest absolute Gasteiger partial charge is 0.378 e. The summed E-state index contributed by atoms with van der Waals surface area (Å²) in [6, 6.07) is 3.78. The van der Waals surface area contributed by atoms with Crippen LogP contribution in [0.3, 0.4) is 0 Å². The number of benzene rings is 1. The van der Waals surface area contributed by atoms with Crippen LogP contribution in [0, 0.1) is 0 Å². The van der Waals surface area contributed by atoms with Gasteiger partial charge in [0.2, 0.25) is 0 Å². The molecular weight excluding hydrogens is 315 g/mol. The molecule has 1 aromatic carbocycles. The molecule has 1 N–H and O–H groups in total. The lowest BCUT2D eigenvalue weighted by atomic mass is 10.2. The predicted molar refractivity (Wildman–Crippen MR) is 84.9 cm³/mol. The van der Waals surface area contributed by atoms with E-state index in [9.17, 15) is 0 Å². The zero-order chi connectivity index (χ0) is 14.1. The van der Waals surface area contributed by atoms with Crippen LogP contribution in [0.2, 0.25) is 10.0 Å². The van der Waals surface area contributed by atoms with Gasteiger partial charge in [-0.25, -0.2) is 0 Å². The number of nitrogens with one attached hydrogen (secondary N) is 1. The van der Waals surface area contributed by atoms with E-state index in [1.54, 1.807) is 6.07 Å². The highest BCUT2D eigenvalue weighted by Gasteiger charge is 2.13. The quantitative estimate of drug-likeness (QED) is 0.771. The number of nitrogens with zero attached hydrogens (tertiary/aromatic N) is 3. The molecule has 0 aliphatic carbocycles. The Hall–Kier alpha value is -1.30. The van der Waals surface area contributed by atoms with Gasteiger partial charge in [-0.3, -0.25) is 0 Å². The van der Waals surface area contributed by atoms with Crippen molar-refractivity contribution in [3.8, 4) is 0 Å². The lowest BCUT2D eigenvalue weighted by Crippen LogP contribution is -2.00. The summed E-state index contributed by atoms with van der Waals surface area (Å²) < 4.78 is 10.6. The summed E-state index contributed by atoms with van der Waals surface area (Å²) in [5.74, 6) is 0. The van der Waals surface area contributed by atoms with E-state index in [1.165, 1.54) is 5.56 Å². The Bertz CT molecular complexity index is 750. The lowest BCUT2D eigenvalue weighted by molar-refractivity contribution is 0.766. The highest BCUT2D eigenvalue weighted by atomic mass is 35.5. The molecule has 0 amide bonds. The fourth-order valence-corrected chi connectivity index (χ4v) is 3.20. The third kappa shape index (κ3) is 2.49. The first-order valence-corrected chi connectivity index (χ1v) is 7.66. The summed E-state index contributed by atoms with van der Waals surface area (Å²) >= 11 is 13.5. The summed E-state index contributed by atoms with van der Waals surface area (Å²) in [6.07, 6.45) is 4.16. The molecule has 0 aliphatic rings. The van der Waals surface area contributed by atoms with Gasteiger partial charge < -0.3 is 9.88 Å². The van der Waals surface area contributed by atoms with Gasteiger partial charge in [0.15, 0.2) is 0 Å². The van der Waals surface area contributed by atoms with Gasteiger partial charge in [-0.05, 0) is 24.6 Å². The van der Waals surface area contributed by atoms with E-state index in [0.717, 1.165) is 29.5 Å². The molecule has 0 saturated heterocycles. The molecule has 0 saturated carbocycles. The topological polar surface area (TPSA) is 42.7 Å². The van der Waals surface area contributed by atoms with Crippen LogP contribution in [0.4, 0.5) is 5.69 Å². The Labute approximate surface area is 130 Å². The van der Waals surface area contributed by atoms with Crippen molar-refractivity contribution in [2.24, 2.45) is 0 Å². The van der Waals surface area contributed by atoms with Gasteiger partial charge in [0, 0.05) is 25.5 Å². The predicted octanol–water partition coefficient (Wildman–Crippen LogP) is 4.43. The number of aromatic nitrogens is 3. The second-order valence-electron chi connectivity index (χ2n) is 4.38. The second-order valence-corrected chi connectivity index (χ2v) is 5.72. The minimum absolute atomic E-state index is 0.529. The average Bonchev–Trinajstić information content (AvgIpc) is 3.06. The van der Waals surface area contributed by atoms with Crippen molar-refractivity contribution in [2.45, 2.75) is 20.0 Å². The van der Waals surface area contributed by atoms with Crippen LogP contribution in [-0.4, -0.2) is 13.3 Å². The Morgan fingerprint density at radius 2 is 2.05 bits per heavy atom. The summed E-state index contributed by atoms with van der Waals surface area (Å²) in [4.78, 5) is 0. The molecule has 20 heavy (non-hydrogen) atoms. The van der Waals surface area contributed by atoms with Crippen LogP contribution in [0.15, 0.2) is 24.5 Å². The van der Waals surface area contributed by atoms with Crippen molar-refractivity contribution in [2.75, 3.05) is 5.32 Å². The number of fused-ring (bicyclic) bond motifs is 1. The Kier molecular flexibility index (Phi) is 3.83. The molecule has 104 valence electrons. The van der Waals surface area contributed by atoms with Crippen molar-refractivity contribution in [1.82, 2.24) is 13.3 Å². The van der Waals surface area contributed by atoms with Crippen LogP contribution in [0.5, 0.6) is 0 Å². The van der Waals surface area contributed by atoms with E-state index in [4.69, 9.17) is 23.2 Å². The number of hydrogen-bond donors (Lipinski definition) is 1. The number of rotatable bonds is 4. The maximum atomic E-state index is 6.25. The van der Waals surface area contributed by atoms with E-state index < -0.39 is 0 Å². The third-order valence-electron chi connectivity index (χ3n) is 3.09. The minimum atomic E-state index is 0.529. The highest BCUT2D eigenvalue weighted by molar-refractivity contribution is 7.00. The molecule has 0 aliphatic heterocycles. The van der Waals surface area contributed by atoms with Crippen LogP contribution in [0.25, 0.3) is 11.0 Å². The summed E-state index contributed by atoms with van der Waals surface area (Å²) in [6.45, 7) is 3.75. The number of hydrogen-bond acceptors (Lipinski definition) is 4. The summed E-state index contributed by atoms with van der Waals surface area (Å²) in [5.41, 5.74) is 3.38. The fraction of sp³-hybridized carbons (Fsp3) is 0.231. The van der Waals surface area contributed by atoms with Crippen LogP contribution in [0.1, 0.15) is 12.5 Å². The molecular formula is C13H12Cl2N4S. The average molecular weight is 327 g/mol. The smallest absolute Gasteiger partial charge is 0.130 e. The van der Waals surface area contributed by atoms with Crippen LogP contribution in [-0.2, 0) is 13.1 Å². The molecule has 0 spiro atoms. The maximum absolute atomic E-state index is 6.25. The van der Waals surface area contributed by atoms with Crippen LogP contribution >= 0.6 is 34.9 Å². The summed E-state index contributed by atoms with van der Waals surface area (Å²) in [5, 5.41) is 4.41. The van der Waals surface area contributed by atoms with Gasteiger partial charge >= 0.3 is 0 Å². The van der Waals surface area contributed by atoms with E-state index in [2.05, 4.69) is 44.0 Å². The van der Waals surface area contributed by atoms with Gasteiger partial charge in [-0.15, -0.1) is 0 Å². The van der Waals surface area contributed by atoms with Gasteiger partial charge in [0.05, 0.1) is 27.5 Å². The Balaban J connectivity index is 1.89. The monoisotopic (exact) mass is 326 g/mol. The Morgan fingerprint density at radius 3 is 2.80 bits per heavy atom. The van der Waals surface area contributed by atoms with E-state index >= 15 is 0 Å². The minimum Gasteiger partial charge on any atom is -0.378 e.